The predicted molar refractivity (Wildman–Crippen MR) is 95.6 cm³/mol. The lowest BCUT2D eigenvalue weighted by atomic mass is 10.1. The van der Waals surface area contributed by atoms with Crippen molar-refractivity contribution in [1.82, 2.24) is 10.2 Å². The van der Waals surface area contributed by atoms with Crippen LogP contribution < -0.4 is 10.6 Å². The molecule has 0 spiro atoms. The van der Waals surface area contributed by atoms with E-state index >= 15 is 0 Å². The minimum absolute atomic E-state index is 0.222. The van der Waals surface area contributed by atoms with E-state index in [1.54, 1.807) is 42.5 Å². The molecule has 122 valence electrons. The molecule has 0 aliphatic rings. The van der Waals surface area contributed by atoms with E-state index in [-0.39, 0.29) is 5.91 Å². The zero-order chi connectivity index (χ0) is 17.6. The molecule has 6 heteroatoms. The second-order valence-corrected chi connectivity index (χ2v) is 5.39. The molecule has 0 bridgehead atoms. The van der Waals surface area contributed by atoms with Gasteiger partial charge in [-0.05, 0) is 55.0 Å². The summed E-state index contributed by atoms with van der Waals surface area (Å²) in [5, 5.41) is 22.7. The Bertz CT molecular complexity index is 927. The van der Waals surface area contributed by atoms with Crippen LogP contribution in [0.4, 0.5) is 17.3 Å². The number of hydrogen-bond acceptors (Lipinski definition) is 5. The Morgan fingerprint density at radius 2 is 1.64 bits per heavy atom. The molecule has 0 saturated carbocycles. The first-order chi connectivity index (χ1) is 12.2. The third kappa shape index (κ3) is 3.98. The summed E-state index contributed by atoms with van der Waals surface area (Å²) in [5.74, 6) is 0.692. The topological polar surface area (TPSA) is 90.7 Å². The maximum atomic E-state index is 12.3. The van der Waals surface area contributed by atoms with E-state index in [0.717, 1.165) is 11.3 Å². The molecule has 0 unspecified atom stereocenters. The minimum Gasteiger partial charge on any atom is -0.339 e. The first kappa shape index (κ1) is 16.1. The average Bonchev–Trinajstić information content (AvgIpc) is 2.64. The van der Waals surface area contributed by atoms with Crippen molar-refractivity contribution in [3.8, 4) is 6.07 Å². The van der Waals surface area contributed by atoms with Crippen molar-refractivity contribution < 1.29 is 4.79 Å². The maximum Gasteiger partial charge on any atom is 0.257 e. The van der Waals surface area contributed by atoms with Gasteiger partial charge >= 0.3 is 0 Å². The van der Waals surface area contributed by atoms with Gasteiger partial charge in [0, 0.05) is 11.3 Å². The van der Waals surface area contributed by atoms with Crippen LogP contribution in [0.1, 0.15) is 21.5 Å². The van der Waals surface area contributed by atoms with Gasteiger partial charge in [0.15, 0.2) is 11.6 Å². The molecule has 0 saturated heterocycles. The fraction of sp³-hybridized carbons (Fsp3) is 0.0526. The Morgan fingerprint density at radius 1 is 0.960 bits per heavy atom. The molecular weight excluding hydrogens is 314 g/mol. The zero-order valence-corrected chi connectivity index (χ0v) is 13.5. The number of anilines is 3. The normalized spacial score (nSPS) is 9.92. The molecule has 0 atom stereocenters. The van der Waals surface area contributed by atoms with Crippen molar-refractivity contribution in [3.63, 3.8) is 0 Å². The van der Waals surface area contributed by atoms with E-state index in [0.29, 0.717) is 22.8 Å². The van der Waals surface area contributed by atoms with Crippen LogP contribution in [0.2, 0.25) is 0 Å². The van der Waals surface area contributed by atoms with E-state index in [1.165, 1.54) is 0 Å². The summed E-state index contributed by atoms with van der Waals surface area (Å²) >= 11 is 0. The molecule has 1 amide bonds. The molecule has 3 aromatic rings. The lowest BCUT2D eigenvalue weighted by Crippen LogP contribution is -2.14. The van der Waals surface area contributed by atoms with Crippen molar-refractivity contribution >= 4 is 23.2 Å². The molecule has 6 nitrogen and oxygen atoms in total. The lowest BCUT2D eigenvalue weighted by molar-refractivity contribution is 0.102. The van der Waals surface area contributed by atoms with E-state index < -0.39 is 0 Å². The Hall–Kier alpha value is -3.72. The molecule has 0 fully saturated rings. The van der Waals surface area contributed by atoms with Gasteiger partial charge in [0.05, 0.1) is 11.6 Å². The van der Waals surface area contributed by atoms with Crippen LogP contribution >= 0.6 is 0 Å². The summed E-state index contributed by atoms with van der Waals surface area (Å²) in [6, 6.07) is 19.8. The molecule has 3 rings (SSSR count). The van der Waals surface area contributed by atoms with Gasteiger partial charge in [0.2, 0.25) is 0 Å². The highest BCUT2D eigenvalue weighted by Gasteiger charge is 2.09. The SMILES string of the molecule is Cc1ccccc1C(=O)Nc1ccc(Nc2ccc(C#N)cc2)nn1. The smallest absolute Gasteiger partial charge is 0.257 e. The number of nitriles is 1. The van der Waals surface area contributed by atoms with Gasteiger partial charge in [0.25, 0.3) is 5.91 Å². The Labute approximate surface area is 145 Å². The number of carbonyl (C=O) groups excluding carboxylic acids is 1. The molecular formula is C19H15N5O. The number of aromatic nitrogens is 2. The Morgan fingerprint density at radius 3 is 2.28 bits per heavy atom. The lowest BCUT2D eigenvalue weighted by Gasteiger charge is -2.08. The summed E-state index contributed by atoms with van der Waals surface area (Å²) in [5.41, 5.74) is 2.88. The van der Waals surface area contributed by atoms with Crippen molar-refractivity contribution in [1.29, 1.82) is 5.26 Å². The van der Waals surface area contributed by atoms with Crippen LogP contribution in [0.5, 0.6) is 0 Å². The van der Waals surface area contributed by atoms with Crippen molar-refractivity contribution in [3.05, 3.63) is 77.4 Å². The summed E-state index contributed by atoms with van der Waals surface area (Å²) in [6.07, 6.45) is 0. The number of amides is 1. The highest BCUT2D eigenvalue weighted by Crippen LogP contribution is 2.16. The Balaban J connectivity index is 1.67. The van der Waals surface area contributed by atoms with Gasteiger partial charge in [-0.3, -0.25) is 4.79 Å². The highest BCUT2D eigenvalue weighted by atomic mass is 16.1. The van der Waals surface area contributed by atoms with E-state index in [9.17, 15) is 4.79 Å². The molecule has 2 N–H and O–H groups in total. The van der Waals surface area contributed by atoms with E-state index in [2.05, 4.69) is 26.9 Å². The second kappa shape index (κ2) is 7.23. The number of benzene rings is 2. The van der Waals surface area contributed by atoms with E-state index in [1.807, 2.05) is 25.1 Å². The van der Waals surface area contributed by atoms with Crippen LogP contribution in [0, 0.1) is 18.3 Å². The van der Waals surface area contributed by atoms with Crippen molar-refractivity contribution in [2.75, 3.05) is 10.6 Å². The largest absolute Gasteiger partial charge is 0.339 e. The van der Waals surface area contributed by atoms with Gasteiger partial charge in [-0.15, -0.1) is 10.2 Å². The minimum atomic E-state index is -0.222. The summed E-state index contributed by atoms with van der Waals surface area (Å²) < 4.78 is 0. The van der Waals surface area contributed by atoms with Crippen LogP contribution in [-0.4, -0.2) is 16.1 Å². The van der Waals surface area contributed by atoms with Crippen LogP contribution in [0.3, 0.4) is 0 Å². The first-order valence-electron chi connectivity index (χ1n) is 7.63. The average molecular weight is 329 g/mol. The fourth-order valence-electron chi connectivity index (χ4n) is 2.25. The third-order valence-corrected chi connectivity index (χ3v) is 3.58. The second-order valence-electron chi connectivity index (χ2n) is 5.39. The van der Waals surface area contributed by atoms with Crippen LogP contribution in [0.15, 0.2) is 60.7 Å². The van der Waals surface area contributed by atoms with Crippen LogP contribution in [-0.2, 0) is 0 Å². The molecule has 25 heavy (non-hydrogen) atoms. The van der Waals surface area contributed by atoms with Crippen molar-refractivity contribution in [2.24, 2.45) is 0 Å². The number of nitrogens with one attached hydrogen (secondary N) is 2. The summed E-state index contributed by atoms with van der Waals surface area (Å²) in [7, 11) is 0. The quantitative estimate of drug-likeness (QED) is 0.762. The summed E-state index contributed by atoms with van der Waals surface area (Å²) in [4.78, 5) is 12.3. The predicted octanol–water partition coefficient (Wildman–Crippen LogP) is 3.65. The van der Waals surface area contributed by atoms with E-state index in [4.69, 9.17) is 5.26 Å². The number of hydrogen-bond donors (Lipinski definition) is 2. The maximum absolute atomic E-state index is 12.3. The molecule has 0 aliphatic heterocycles. The molecule has 1 aromatic heterocycles. The monoisotopic (exact) mass is 329 g/mol. The Kier molecular flexibility index (Phi) is 4.67. The number of nitrogens with zero attached hydrogens (tertiary/aromatic N) is 3. The van der Waals surface area contributed by atoms with Gasteiger partial charge in [-0.1, -0.05) is 18.2 Å². The van der Waals surface area contributed by atoms with Crippen LogP contribution in [0.25, 0.3) is 0 Å². The number of carbonyl (C=O) groups is 1. The standard InChI is InChI=1S/C19H15N5O/c1-13-4-2-3-5-16(13)19(25)22-18-11-10-17(23-24-18)21-15-8-6-14(12-20)7-9-15/h2-11H,1H3,(H,21,23)(H,22,24,25). The van der Waals surface area contributed by atoms with Gasteiger partial charge in [-0.2, -0.15) is 5.26 Å². The zero-order valence-electron chi connectivity index (χ0n) is 13.5. The summed E-state index contributed by atoms with van der Waals surface area (Å²) in [6.45, 7) is 1.88. The first-order valence-corrected chi connectivity index (χ1v) is 7.63. The van der Waals surface area contributed by atoms with Gasteiger partial charge in [0.1, 0.15) is 0 Å². The highest BCUT2D eigenvalue weighted by molar-refractivity contribution is 6.04. The molecule has 0 aliphatic carbocycles. The van der Waals surface area contributed by atoms with Crippen molar-refractivity contribution in [2.45, 2.75) is 6.92 Å². The van der Waals surface area contributed by atoms with Gasteiger partial charge < -0.3 is 10.6 Å². The number of rotatable bonds is 4. The fourth-order valence-corrected chi connectivity index (χ4v) is 2.25. The molecule has 2 aromatic carbocycles. The number of aryl methyl sites for hydroxylation is 1. The van der Waals surface area contributed by atoms with Gasteiger partial charge in [-0.25, -0.2) is 0 Å². The molecule has 0 radical (unpaired) electrons. The molecule has 1 heterocycles. The third-order valence-electron chi connectivity index (χ3n) is 3.58.